The monoisotopic (exact) mass is 562 g/mol. The van der Waals surface area contributed by atoms with E-state index in [1.165, 1.54) is 6.33 Å². The maximum absolute atomic E-state index is 14.5. The number of carbonyl (C=O) groups is 1. The molecule has 38 heavy (non-hydrogen) atoms. The Kier molecular flexibility index (Phi) is 8.43. The zero-order chi connectivity index (χ0) is 27.0. The van der Waals surface area contributed by atoms with E-state index in [1.807, 2.05) is 24.0 Å². The maximum atomic E-state index is 14.5. The van der Waals surface area contributed by atoms with Crippen LogP contribution in [0.25, 0.3) is 0 Å². The van der Waals surface area contributed by atoms with Crippen LogP contribution in [0.3, 0.4) is 0 Å². The van der Waals surface area contributed by atoms with Crippen molar-refractivity contribution in [3.05, 3.63) is 51.4 Å². The summed E-state index contributed by atoms with van der Waals surface area (Å²) < 4.78 is 14.5. The van der Waals surface area contributed by atoms with Crippen LogP contribution in [0.5, 0.6) is 0 Å². The van der Waals surface area contributed by atoms with Gasteiger partial charge >= 0.3 is 0 Å². The molecule has 2 saturated heterocycles. The molecule has 5 rings (SSSR count). The highest BCUT2D eigenvalue weighted by molar-refractivity contribution is 6.42. The first-order valence-corrected chi connectivity index (χ1v) is 14.4. The number of aromatic nitrogens is 2. The summed E-state index contributed by atoms with van der Waals surface area (Å²) in [5, 5.41) is 0.956. The lowest BCUT2D eigenvalue weighted by atomic mass is 9.96. The van der Waals surface area contributed by atoms with Crippen LogP contribution >= 0.6 is 23.2 Å². The molecule has 3 aliphatic rings. The van der Waals surface area contributed by atoms with Gasteiger partial charge in [-0.15, -0.1) is 0 Å². The van der Waals surface area contributed by atoms with Gasteiger partial charge in [0, 0.05) is 70.5 Å². The molecule has 2 fully saturated rings. The standard InChI is InChI=1S/C28H37Cl2FN6O/c1-18(2)35-8-6-34(7-9-35)16-21(20-4-5-22(29)23(30)15-20)28(38)37-12-10-36(11-13-37)27-25-19(3)14-24(31)26(25)32-17-33-27/h4-5,15,17-19,21,24H,6-14,16H2,1-3H3/t19-,21?,24+/m1/s1. The van der Waals surface area contributed by atoms with Gasteiger partial charge in [-0.1, -0.05) is 36.2 Å². The summed E-state index contributed by atoms with van der Waals surface area (Å²) in [5.41, 5.74) is 2.35. The van der Waals surface area contributed by atoms with Gasteiger partial charge in [0.15, 0.2) is 0 Å². The number of nitrogens with zero attached hydrogens (tertiary/aromatic N) is 6. The molecule has 0 spiro atoms. The number of piperazine rings is 2. The van der Waals surface area contributed by atoms with E-state index < -0.39 is 6.17 Å². The molecule has 1 aromatic heterocycles. The van der Waals surface area contributed by atoms with Gasteiger partial charge in [-0.25, -0.2) is 14.4 Å². The van der Waals surface area contributed by atoms with Crippen molar-refractivity contribution in [3.8, 4) is 0 Å². The molecule has 3 heterocycles. The number of amides is 1. The van der Waals surface area contributed by atoms with Crippen molar-refractivity contribution in [3.63, 3.8) is 0 Å². The van der Waals surface area contributed by atoms with Crippen LogP contribution in [0.15, 0.2) is 24.5 Å². The fourth-order valence-corrected chi connectivity index (χ4v) is 6.35. The van der Waals surface area contributed by atoms with E-state index in [2.05, 4.69) is 38.5 Å². The van der Waals surface area contributed by atoms with E-state index in [-0.39, 0.29) is 17.7 Å². The second-order valence-corrected chi connectivity index (χ2v) is 11.9. The van der Waals surface area contributed by atoms with E-state index >= 15 is 0 Å². The average Bonchev–Trinajstić information content (AvgIpc) is 3.22. The van der Waals surface area contributed by atoms with Crippen molar-refractivity contribution >= 4 is 34.9 Å². The second kappa shape index (κ2) is 11.6. The van der Waals surface area contributed by atoms with Crippen LogP contribution < -0.4 is 4.90 Å². The highest BCUT2D eigenvalue weighted by Gasteiger charge is 2.36. The van der Waals surface area contributed by atoms with E-state index in [4.69, 9.17) is 23.2 Å². The highest BCUT2D eigenvalue weighted by Crippen LogP contribution is 2.44. The molecule has 206 valence electrons. The Morgan fingerprint density at radius 2 is 1.74 bits per heavy atom. The molecule has 1 aliphatic carbocycles. The van der Waals surface area contributed by atoms with Crippen molar-refractivity contribution in [1.29, 1.82) is 0 Å². The topological polar surface area (TPSA) is 55.8 Å². The number of benzene rings is 1. The minimum atomic E-state index is -1.03. The first kappa shape index (κ1) is 27.6. The molecule has 2 aliphatic heterocycles. The summed E-state index contributed by atoms with van der Waals surface area (Å²) in [6, 6.07) is 6.07. The first-order valence-electron chi connectivity index (χ1n) is 13.7. The number of fused-ring (bicyclic) bond motifs is 1. The van der Waals surface area contributed by atoms with Gasteiger partial charge in [-0.2, -0.15) is 0 Å². The van der Waals surface area contributed by atoms with Gasteiger partial charge in [0.05, 0.1) is 21.7 Å². The Labute approximate surface area is 234 Å². The quantitative estimate of drug-likeness (QED) is 0.506. The number of carbonyl (C=O) groups excluding carboxylic acids is 1. The van der Waals surface area contributed by atoms with Gasteiger partial charge in [-0.05, 0) is 43.9 Å². The second-order valence-electron chi connectivity index (χ2n) is 11.1. The molecule has 0 bridgehead atoms. The molecule has 7 nitrogen and oxygen atoms in total. The van der Waals surface area contributed by atoms with Crippen molar-refractivity contribution in [1.82, 2.24) is 24.7 Å². The SMILES string of the molecule is CC(C)N1CCN(CC(C(=O)N2CCN(c3ncnc4c3[C@H](C)C[C@@H]4F)CC2)c2ccc(Cl)c(Cl)c2)CC1. The molecule has 0 radical (unpaired) electrons. The van der Waals surface area contributed by atoms with Crippen LogP contribution in [0.1, 0.15) is 62.0 Å². The summed E-state index contributed by atoms with van der Waals surface area (Å²) in [7, 11) is 0. The zero-order valence-electron chi connectivity index (χ0n) is 22.4. The van der Waals surface area contributed by atoms with Crippen LogP contribution in [-0.2, 0) is 4.79 Å². The van der Waals surface area contributed by atoms with Gasteiger partial charge in [-0.3, -0.25) is 14.6 Å². The zero-order valence-corrected chi connectivity index (χ0v) is 23.9. The Hall–Kier alpha value is -2.00. The van der Waals surface area contributed by atoms with E-state index in [0.717, 1.165) is 43.1 Å². The molecule has 2 aromatic rings. The van der Waals surface area contributed by atoms with Gasteiger partial charge in [0.25, 0.3) is 0 Å². The Balaban J connectivity index is 1.30. The number of rotatable bonds is 6. The molecular weight excluding hydrogens is 526 g/mol. The third-order valence-corrected chi connectivity index (χ3v) is 9.10. The van der Waals surface area contributed by atoms with Crippen molar-refractivity contribution < 1.29 is 9.18 Å². The predicted molar refractivity (Wildman–Crippen MR) is 150 cm³/mol. The summed E-state index contributed by atoms with van der Waals surface area (Å²) in [5.74, 6) is 0.696. The number of hydrogen-bond acceptors (Lipinski definition) is 6. The summed E-state index contributed by atoms with van der Waals surface area (Å²) in [6.07, 6.45) is 0.894. The Morgan fingerprint density at radius 1 is 1.03 bits per heavy atom. The third kappa shape index (κ3) is 5.64. The lowest BCUT2D eigenvalue weighted by Crippen LogP contribution is -2.53. The van der Waals surface area contributed by atoms with Crippen LogP contribution in [0, 0.1) is 0 Å². The number of anilines is 1. The van der Waals surface area contributed by atoms with Crippen molar-refractivity contribution in [2.45, 2.75) is 51.2 Å². The maximum Gasteiger partial charge on any atom is 0.231 e. The first-order chi connectivity index (χ1) is 18.2. The molecular formula is C28H37Cl2FN6O. The molecule has 1 unspecified atom stereocenters. The lowest BCUT2D eigenvalue weighted by Gasteiger charge is -2.40. The predicted octanol–water partition coefficient (Wildman–Crippen LogP) is 4.76. The lowest BCUT2D eigenvalue weighted by molar-refractivity contribution is -0.133. The smallest absolute Gasteiger partial charge is 0.231 e. The Bertz CT molecular complexity index is 1150. The van der Waals surface area contributed by atoms with Gasteiger partial charge < -0.3 is 9.80 Å². The molecule has 1 amide bonds. The highest BCUT2D eigenvalue weighted by atomic mass is 35.5. The largest absolute Gasteiger partial charge is 0.353 e. The number of alkyl halides is 1. The van der Waals surface area contributed by atoms with E-state index in [0.29, 0.717) is 60.9 Å². The fraction of sp³-hybridized carbons (Fsp3) is 0.607. The van der Waals surface area contributed by atoms with Crippen LogP contribution in [0.2, 0.25) is 10.0 Å². The average molecular weight is 564 g/mol. The normalized spacial score (nSPS) is 23.7. The minimum absolute atomic E-state index is 0.0889. The molecule has 1 aromatic carbocycles. The Morgan fingerprint density at radius 3 is 2.39 bits per heavy atom. The molecule has 0 saturated carbocycles. The summed E-state index contributed by atoms with van der Waals surface area (Å²) in [6.45, 7) is 13.5. The molecule has 3 atom stereocenters. The summed E-state index contributed by atoms with van der Waals surface area (Å²) >= 11 is 12.6. The van der Waals surface area contributed by atoms with Gasteiger partial charge in [0.1, 0.15) is 18.3 Å². The minimum Gasteiger partial charge on any atom is -0.353 e. The summed E-state index contributed by atoms with van der Waals surface area (Å²) in [4.78, 5) is 31.7. The van der Waals surface area contributed by atoms with E-state index in [9.17, 15) is 9.18 Å². The fourth-order valence-electron chi connectivity index (χ4n) is 6.05. The third-order valence-electron chi connectivity index (χ3n) is 8.36. The van der Waals surface area contributed by atoms with Crippen molar-refractivity contribution in [2.24, 2.45) is 0 Å². The van der Waals surface area contributed by atoms with Crippen LogP contribution in [0.4, 0.5) is 10.2 Å². The number of hydrogen-bond donors (Lipinski definition) is 0. The molecule has 10 heteroatoms. The van der Waals surface area contributed by atoms with Crippen LogP contribution in [-0.4, -0.2) is 95.5 Å². The number of halogens is 3. The van der Waals surface area contributed by atoms with Gasteiger partial charge in [0.2, 0.25) is 5.91 Å². The van der Waals surface area contributed by atoms with E-state index in [1.54, 1.807) is 6.07 Å². The molecule has 0 N–H and O–H groups in total. The van der Waals surface area contributed by atoms with Crippen molar-refractivity contribution in [2.75, 3.05) is 63.8 Å².